The molecule has 3 aromatic carbocycles. The van der Waals surface area contributed by atoms with Crippen LogP contribution in [0.15, 0.2) is 66.7 Å². The molecule has 3 N–H and O–H groups in total. The average molecular weight is 529 g/mol. The van der Waals surface area contributed by atoms with Crippen LogP contribution in [0.2, 0.25) is 5.02 Å². The Bertz CT molecular complexity index is 1450. The first-order valence-electron chi connectivity index (χ1n) is 13.5. The van der Waals surface area contributed by atoms with E-state index in [9.17, 15) is 9.90 Å². The summed E-state index contributed by atoms with van der Waals surface area (Å²) in [5, 5.41) is 22.6. The third-order valence-electron chi connectivity index (χ3n) is 8.17. The van der Waals surface area contributed by atoms with Crippen molar-refractivity contribution in [1.29, 1.82) is 0 Å². The number of carbonyl (C=O) groups excluding carboxylic acids is 1. The molecule has 2 fully saturated rings. The van der Waals surface area contributed by atoms with E-state index < -0.39 is 0 Å². The molecule has 2 saturated heterocycles. The number of carbonyl (C=O) groups is 1. The minimum Gasteiger partial charge on any atom is -0.393 e. The van der Waals surface area contributed by atoms with Gasteiger partial charge in [0.05, 0.1) is 23.4 Å². The number of piperidine rings is 1. The van der Waals surface area contributed by atoms with E-state index in [-0.39, 0.29) is 24.0 Å². The zero-order valence-electron chi connectivity index (χ0n) is 21.7. The molecule has 38 heavy (non-hydrogen) atoms. The molecule has 2 aliphatic heterocycles. The lowest BCUT2D eigenvalue weighted by molar-refractivity contribution is 0.0925. The Hall–Kier alpha value is -3.35. The predicted molar refractivity (Wildman–Crippen MR) is 153 cm³/mol. The summed E-state index contributed by atoms with van der Waals surface area (Å²) in [6.07, 6.45) is 3.81. The Labute approximate surface area is 228 Å². The largest absolute Gasteiger partial charge is 0.393 e. The van der Waals surface area contributed by atoms with Gasteiger partial charge in [-0.1, -0.05) is 55.8 Å². The number of hydrogen-bond donors (Lipinski definition) is 3. The topological polar surface area (TPSA) is 81.2 Å². The Morgan fingerprint density at radius 2 is 1.76 bits per heavy atom. The molecule has 6 nitrogen and oxygen atoms in total. The number of anilines is 1. The van der Waals surface area contributed by atoms with Crippen molar-refractivity contribution in [3.05, 3.63) is 82.9 Å². The van der Waals surface area contributed by atoms with Gasteiger partial charge < -0.3 is 15.3 Å². The number of fused-ring (bicyclic) bond motifs is 3. The summed E-state index contributed by atoms with van der Waals surface area (Å²) in [6.45, 7) is 4.15. The Morgan fingerprint density at radius 3 is 2.45 bits per heavy atom. The number of hydrogen-bond acceptors (Lipinski definition) is 4. The molecular formula is C31H33ClN4O2. The van der Waals surface area contributed by atoms with Crippen LogP contribution in [0.25, 0.3) is 22.2 Å². The zero-order chi connectivity index (χ0) is 26.4. The van der Waals surface area contributed by atoms with Crippen molar-refractivity contribution in [3.8, 4) is 11.3 Å². The molecule has 4 aromatic rings. The van der Waals surface area contributed by atoms with Crippen molar-refractivity contribution in [1.82, 2.24) is 15.5 Å². The third-order valence-corrected chi connectivity index (χ3v) is 8.51. The van der Waals surface area contributed by atoms with Crippen LogP contribution in [0.1, 0.15) is 61.5 Å². The van der Waals surface area contributed by atoms with Gasteiger partial charge in [0.1, 0.15) is 0 Å². The smallest absolute Gasteiger partial charge is 0.251 e. The van der Waals surface area contributed by atoms with Crippen molar-refractivity contribution in [3.63, 3.8) is 0 Å². The second-order valence-electron chi connectivity index (χ2n) is 11.0. The SMILES string of the molecule is CC(C)C(NC(=O)c1ccc2[nH]nc(-c3ccc(N4C5CCC4CC(O)C5)cc3)c2c1)c1ccccc1Cl. The van der Waals surface area contributed by atoms with Gasteiger partial charge >= 0.3 is 0 Å². The first-order chi connectivity index (χ1) is 18.4. The van der Waals surface area contributed by atoms with E-state index in [1.54, 1.807) is 0 Å². The van der Waals surface area contributed by atoms with Gasteiger partial charge in [-0.3, -0.25) is 9.89 Å². The van der Waals surface area contributed by atoms with E-state index in [4.69, 9.17) is 11.6 Å². The van der Waals surface area contributed by atoms with E-state index in [2.05, 4.69) is 58.5 Å². The highest BCUT2D eigenvalue weighted by atomic mass is 35.5. The highest BCUT2D eigenvalue weighted by molar-refractivity contribution is 6.31. The number of benzene rings is 3. The first kappa shape index (κ1) is 25.0. The third kappa shape index (κ3) is 4.56. The van der Waals surface area contributed by atoms with Crippen LogP contribution in [0.3, 0.4) is 0 Å². The van der Waals surface area contributed by atoms with E-state index >= 15 is 0 Å². The summed E-state index contributed by atoms with van der Waals surface area (Å²) in [5.41, 5.74) is 5.41. The second kappa shape index (κ2) is 10.1. The molecule has 0 saturated carbocycles. The van der Waals surface area contributed by atoms with E-state index in [1.807, 2.05) is 42.5 Å². The van der Waals surface area contributed by atoms with Gasteiger partial charge in [-0.25, -0.2) is 0 Å². The summed E-state index contributed by atoms with van der Waals surface area (Å²) in [5.74, 6) is 0.0276. The molecule has 1 amide bonds. The molecule has 2 bridgehead atoms. The monoisotopic (exact) mass is 528 g/mol. The van der Waals surface area contributed by atoms with Crippen molar-refractivity contribution >= 4 is 34.1 Å². The van der Waals surface area contributed by atoms with Gasteiger partial charge in [0.2, 0.25) is 0 Å². The van der Waals surface area contributed by atoms with Crippen molar-refractivity contribution in [2.24, 2.45) is 5.92 Å². The normalized spacial score (nSPS) is 21.7. The van der Waals surface area contributed by atoms with Crippen LogP contribution in [-0.4, -0.2) is 39.4 Å². The zero-order valence-corrected chi connectivity index (χ0v) is 22.4. The fraction of sp³-hybridized carbons (Fsp3) is 0.355. The lowest BCUT2D eigenvalue weighted by Crippen LogP contribution is -2.44. The maximum atomic E-state index is 13.4. The molecule has 0 spiro atoms. The number of rotatable bonds is 6. The van der Waals surface area contributed by atoms with E-state index in [0.717, 1.165) is 53.4 Å². The van der Waals surface area contributed by atoms with Crippen molar-refractivity contribution in [2.45, 2.75) is 63.8 Å². The minimum absolute atomic E-state index is 0.143. The lowest BCUT2D eigenvalue weighted by atomic mass is 9.95. The summed E-state index contributed by atoms with van der Waals surface area (Å²) in [6, 6.07) is 22.5. The standard InChI is InChI=1S/C31H33ClN4O2/c1-18(2)29(25-5-3-4-6-27(25)32)33-31(38)20-9-14-28-26(15-20)30(35-34-28)19-7-10-21(11-8-19)36-22-12-13-23(36)17-24(37)16-22/h3-11,14-15,18,22-24,29,37H,12-13,16-17H2,1-2H3,(H,33,38)(H,34,35). The summed E-state index contributed by atoms with van der Waals surface area (Å²) >= 11 is 6.45. The number of aromatic nitrogens is 2. The molecule has 2 aliphatic rings. The number of nitrogens with zero attached hydrogens (tertiary/aromatic N) is 2. The molecular weight excluding hydrogens is 496 g/mol. The average Bonchev–Trinajstić information content (AvgIpc) is 3.45. The summed E-state index contributed by atoms with van der Waals surface area (Å²) < 4.78 is 0. The molecule has 0 aliphatic carbocycles. The van der Waals surface area contributed by atoms with Gasteiger partial charge in [0.15, 0.2) is 0 Å². The Kier molecular flexibility index (Phi) is 6.62. The maximum Gasteiger partial charge on any atom is 0.251 e. The molecule has 196 valence electrons. The van der Waals surface area contributed by atoms with Crippen LogP contribution in [0.5, 0.6) is 0 Å². The fourth-order valence-electron chi connectivity index (χ4n) is 6.29. The number of nitrogens with one attached hydrogen (secondary N) is 2. The van der Waals surface area contributed by atoms with Gasteiger partial charge in [0, 0.05) is 39.3 Å². The van der Waals surface area contributed by atoms with Crippen molar-refractivity contribution in [2.75, 3.05) is 4.90 Å². The maximum absolute atomic E-state index is 13.4. The highest BCUT2D eigenvalue weighted by Crippen LogP contribution is 2.40. The first-order valence-corrected chi connectivity index (χ1v) is 13.9. The van der Waals surface area contributed by atoms with Crippen molar-refractivity contribution < 1.29 is 9.90 Å². The second-order valence-corrected chi connectivity index (χ2v) is 11.4. The number of amides is 1. The highest BCUT2D eigenvalue weighted by Gasteiger charge is 2.40. The lowest BCUT2D eigenvalue weighted by Gasteiger charge is -2.39. The molecule has 0 radical (unpaired) electrons. The number of H-pyrrole nitrogens is 1. The van der Waals surface area contributed by atoms with E-state index in [0.29, 0.717) is 22.7 Å². The predicted octanol–water partition coefficient (Wildman–Crippen LogP) is 6.50. The van der Waals surface area contributed by atoms with Gasteiger partial charge in [0.25, 0.3) is 5.91 Å². The number of aliphatic hydroxyl groups is 1. The van der Waals surface area contributed by atoms with Gasteiger partial charge in [-0.2, -0.15) is 5.10 Å². The molecule has 6 rings (SSSR count). The number of aromatic amines is 1. The molecule has 3 unspecified atom stereocenters. The molecule has 3 atom stereocenters. The Balaban J connectivity index is 1.26. The van der Waals surface area contributed by atoms with Crippen LogP contribution in [0.4, 0.5) is 5.69 Å². The summed E-state index contributed by atoms with van der Waals surface area (Å²) in [4.78, 5) is 15.9. The summed E-state index contributed by atoms with van der Waals surface area (Å²) in [7, 11) is 0. The molecule has 1 aromatic heterocycles. The van der Waals surface area contributed by atoms with E-state index in [1.165, 1.54) is 5.69 Å². The Morgan fingerprint density at radius 1 is 1.05 bits per heavy atom. The van der Waals surface area contributed by atoms with Crippen LogP contribution < -0.4 is 10.2 Å². The van der Waals surface area contributed by atoms with Gasteiger partial charge in [-0.15, -0.1) is 0 Å². The number of halogens is 1. The van der Waals surface area contributed by atoms with Crippen LogP contribution in [-0.2, 0) is 0 Å². The fourth-order valence-corrected chi connectivity index (χ4v) is 6.55. The minimum atomic E-state index is -0.200. The quantitative estimate of drug-likeness (QED) is 0.267. The number of aliphatic hydroxyl groups excluding tert-OH is 1. The molecule has 3 heterocycles. The van der Waals surface area contributed by atoms with Gasteiger partial charge in [-0.05, 0) is 73.6 Å². The van der Waals surface area contributed by atoms with Crippen LogP contribution in [0, 0.1) is 5.92 Å². The molecule has 7 heteroatoms. The van der Waals surface area contributed by atoms with Crippen LogP contribution >= 0.6 is 11.6 Å².